The van der Waals surface area contributed by atoms with E-state index >= 15 is 0 Å². The molecule has 1 aliphatic heterocycles. The molecule has 0 saturated carbocycles. The van der Waals surface area contributed by atoms with Crippen LogP contribution in [-0.2, 0) is 17.9 Å². The number of carbonyl (C=O) groups is 2. The third-order valence-corrected chi connectivity index (χ3v) is 6.23. The highest BCUT2D eigenvalue weighted by atomic mass is 32.2. The molecule has 0 radical (unpaired) electrons. The molecule has 34 heavy (non-hydrogen) atoms. The number of carbonyl (C=O) groups excluding carboxylic acids is 2. The van der Waals surface area contributed by atoms with Crippen molar-refractivity contribution in [2.24, 2.45) is 0 Å². The Morgan fingerprint density at radius 2 is 2.06 bits per heavy atom. The van der Waals surface area contributed by atoms with Gasteiger partial charge in [-0.1, -0.05) is 6.07 Å². The van der Waals surface area contributed by atoms with Crippen LogP contribution in [0.2, 0.25) is 0 Å². The van der Waals surface area contributed by atoms with Gasteiger partial charge in [-0.2, -0.15) is 11.8 Å². The van der Waals surface area contributed by atoms with Crippen molar-refractivity contribution in [3.8, 4) is 11.5 Å². The second-order valence-electron chi connectivity index (χ2n) is 7.77. The number of pyridine rings is 2. The monoisotopic (exact) mass is 482 g/mol. The van der Waals surface area contributed by atoms with Crippen LogP contribution in [-0.4, -0.2) is 46.2 Å². The number of ether oxygens (including phenoxy) is 2. The fourth-order valence-electron chi connectivity index (χ4n) is 3.76. The van der Waals surface area contributed by atoms with E-state index in [0.717, 1.165) is 5.56 Å². The van der Waals surface area contributed by atoms with Crippen molar-refractivity contribution in [3.05, 3.63) is 64.2 Å². The van der Waals surface area contributed by atoms with E-state index in [4.69, 9.17) is 9.47 Å². The predicted octanol–water partition coefficient (Wildman–Crippen LogP) is 2.31. The van der Waals surface area contributed by atoms with Crippen LogP contribution in [0.4, 0.5) is 0 Å². The summed E-state index contributed by atoms with van der Waals surface area (Å²) < 4.78 is 12.6. The topological polar surface area (TPSA) is 112 Å². The van der Waals surface area contributed by atoms with Gasteiger partial charge in [0, 0.05) is 37.7 Å². The molecule has 1 atom stereocenters. The van der Waals surface area contributed by atoms with Crippen LogP contribution in [0.5, 0.6) is 11.5 Å². The van der Waals surface area contributed by atoms with Gasteiger partial charge >= 0.3 is 0 Å². The maximum absolute atomic E-state index is 13.2. The van der Waals surface area contributed by atoms with E-state index in [2.05, 4.69) is 15.6 Å². The first kappa shape index (κ1) is 23.6. The zero-order valence-corrected chi connectivity index (χ0v) is 19.8. The van der Waals surface area contributed by atoms with Gasteiger partial charge in [0.25, 0.3) is 5.91 Å². The first-order valence-corrected chi connectivity index (χ1v) is 12.3. The number of rotatable bonds is 9. The molecule has 0 bridgehead atoms. The molecule has 2 N–H and O–H groups in total. The van der Waals surface area contributed by atoms with E-state index in [1.54, 1.807) is 42.4 Å². The Hall–Kier alpha value is -3.53. The van der Waals surface area contributed by atoms with Gasteiger partial charge in [-0.25, -0.2) is 0 Å². The van der Waals surface area contributed by atoms with Crippen LogP contribution in [0.15, 0.2) is 47.7 Å². The number of aryl methyl sites for hydroxylation is 1. The highest BCUT2D eigenvalue weighted by Gasteiger charge is 2.25. The van der Waals surface area contributed by atoms with Crippen molar-refractivity contribution >= 4 is 34.5 Å². The molecular formula is C24H26N4O5S. The molecule has 1 aromatic carbocycles. The minimum atomic E-state index is -0.779. The SMILES string of the molecule is CCn1cc(C(=O)NC(CCSC)C(=O)NCc2cccnc2)c(=O)c2cc3c(cc21)OCO3. The molecule has 0 fully saturated rings. The van der Waals surface area contributed by atoms with E-state index in [1.165, 1.54) is 6.20 Å². The molecule has 2 aromatic heterocycles. The highest BCUT2D eigenvalue weighted by Crippen LogP contribution is 2.35. The van der Waals surface area contributed by atoms with Crippen LogP contribution in [0.3, 0.4) is 0 Å². The van der Waals surface area contributed by atoms with Crippen molar-refractivity contribution in [2.45, 2.75) is 32.5 Å². The standard InChI is InChI=1S/C24H26N4O5S/c1-3-28-13-17(22(29)16-9-20-21(10-19(16)28)33-14-32-20)23(30)27-18(6-8-34-2)24(31)26-12-15-5-4-7-25-11-15/h4-5,7,9-11,13,18H,3,6,8,12,14H2,1-2H3,(H,26,31)(H,27,30). The van der Waals surface area contributed by atoms with E-state index in [9.17, 15) is 14.4 Å². The predicted molar refractivity (Wildman–Crippen MR) is 130 cm³/mol. The summed E-state index contributed by atoms with van der Waals surface area (Å²) >= 11 is 1.57. The molecule has 178 valence electrons. The lowest BCUT2D eigenvalue weighted by Crippen LogP contribution is -2.47. The molecule has 0 aliphatic carbocycles. The third-order valence-electron chi connectivity index (χ3n) is 5.58. The van der Waals surface area contributed by atoms with Crippen molar-refractivity contribution < 1.29 is 19.1 Å². The minimum Gasteiger partial charge on any atom is -0.454 e. The quantitative estimate of drug-likeness (QED) is 0.481. The van der Waals surface area contributed by atoms with Crippen LogP contribution in [0, 0.1) is 0 Å². The molecule has 10 heteroatoms. The molecular weight excluding hydrogens is 456 g/mol. The second kappa shape index (κ2) is 10.6. The van der Waals surface area contributed by atoms with E-state index in [-0.39, 0.29) is 18.3 Å². The number of hydrogen-bond donors (Lipinski definition) is 2. The lowest BCUT2D eigenvalue weighted by Gasteiger charge is -2.19. The first-order chi connectivity index (χ1) is 16.5. The van der Waals surface area contributed by atoms with Gasteiger partial charge in [0.05, 0.1) is 10.9 Å². The van der Waals surface area contributed by atoms with Crippen LogP contribution < -0.4 is 25.5 Å². The number of aromatic nitrogens is 2. The summed E-state index contributed by atoms with van der Waals surface area (Å²) in [6, 6.07) is 6.22. The Bertz CT molecular complexity index is 1260. The Morgan fingerprint density at radius 1 is 1.26 bits per heavy atom. The van der Waals surface area contributed by atoms with Crippen LogP contribution >= 0.6 is 11.8 Å². The van der Waals surface area contributed by atoms with Gasteiger partial charge in [-0.05, 0) is 43.0 Å². The van der Waals surface area contributed by atoms with Crippen molar-refractivity contribution in [1.82, 2.24) is 20.2 Å². The van der Waals surface area contributed by atoms with Gasteiger partial charge in [-0.3, -0.25) is 19.4 Å². The molecule has 1 unspecified atom stereocenters. The van der Waals surface area contributed by atoms with Gasteiger partial charge in [-0.15, -0.1) is 0 Å². The molecule has 3 aromatic rings. The van der Waals surface area contributed by atoms with Crippen molar-refractivity contribution in [2.75, 3.05) is 18.8 Å². The average molecular weight is 483 g/mol. The Balaban J connectivity index is 1.58. The zero-order chi connectivity index (χ0) is 24.1. The second-order valence-corrected chi connectivity index (χ2v) is 8.75. The highest BCUT2D eigenvalue weighted by molar-refractivity contribution is 7.98. The molecule has 2 amide bonds. The maximum Gasteiger partial charge on any atom is 0.257 e. The molecule has 4 rings (SSSR count). The summed E-state index contributed by atoms with van der Waals surface area (Å²) in [5.74, 6) is 0.804. The Morgan fingerprint density at radius 3 is 2.76 bits per heavy atom. The summed E-state index contributed by atoms with van der Waals surface area (Å²) in [6.07, 6.45) is 7.22. The zero-order valence-electron chi connectivity index (χ0n) is 19.0. The lowest BCUT2D eigenvalue weighted by atomic mass is 10.1. The molecule has 9 nitrogen and oxygen atoms in total. The Kier molecular flexibility index (Phi) is 7.36. The summed E-state index contributed by atoms with van der Waals surface area (Å²) in [4.78, 5) is 43.3. The van der Waals surface area contributed by atoms with Crippen LogP contribution in [0.1, 0.15) is 29.3 Å². The maximum atomic E-state index is 13.2. The number of nitrogens with one attached hydrogen (secondary N) is 2. The number of amides is 2. The normalized spacial score (nSPS) is 13.0. The van der Waals surface area contributed by atoms with Gasteiger partial charge in [0.2, 0.25) is 18.1 Å². The lowest BCUT2D eigenvalue weighted by molar-refractivity contribution is -0.123. The van der Waals surface area contributed by atoms with E-state index < -0.39 is 17.4 Å². The fraction of sp³-hybridized carbons (Fsp3) is 0.333. The summed E-state index contributed by atoms with van der Waals surface area (Å²) in [7, 11) is 0. The summed E-state index contributed by atoms with van der Waals surface area (Å²) in [5, 5.41) is 5.97. The number of hydrogen-bond acceptors (Lipinski definition) is 7. The molecule has 0 saturated heterocycles. The Labute approximate surface area is 200 Å². The van der Waals surface area contributed by atoms with E-state index in [1.807, 2.05) is 23.8 Å². The molecule has 1 aliphatic rings. The molecule has 0 spiro atoms. The van der Waals surface area contributed by atoms with Crippen LogP contribution in [0.25, 0.3) is 10.9 Å². The van der Waals surface area contributed by atoms with Crippen molar-refractivity contribution in [1.29, 1.82) is 0 Å². The molecule has 3 heterocycles. The summed E-state index contributed by atoms with van der Waals surface area (Å²) in [6.45, 7) is 2.84. The first-order valence-electron chi connectivity index (χ1n) is 10.9. The minimum absolute atomic E-state index is 0.0255. The number of fused-ring (bicyclic) bond motifs is 2. The van der Waals surface area contributed by atoms with Gasteiger partial charge in [0.1, 0.15) is 11.6 Å². The number of nitrogens with zero attached hydrogens (tertiary/aromatic N) is 2. The fourth-order valence-corrected chi connectivity index (χ4v) is 4.23. The largest absolute Gasteiger partial charge is 0.454 e. The number of benzene rings is 1. The van der Waals surface area contributed by atoms with Crippen molar-refractivity contribution in [3.63, 3.8) is 0 Å². The van der Waals surface area contributed by atoms with Gasteiger partial charge in [0.15, 0.2) is 11.5 Å². The number of thioether (sulfide) groups is 1. The smallest absolute Gasteiger partial charge is 0.257 e. The van der Waals surface area contributed by atoms with E-state index in [0.29, 0.717) is 47.7 Å². The average Bonchev–Trinajstić information content (AvgIpc) is 3.32. The van der Waals surface area contributed by atoms with Gasteiger partial charge < -0.3 is 24.7 Å². The summed E-state index contributed by atoms with van der Waals surface area (Å²) in [5.41, 5.74) is 1.06. The third kappa shape index (κ3) is 5.01.